The molecule has 0 fully saturated rings. The summed E-state index contributed by atoms with van der Waals surface area (Å²) in [6, 6.07) is 9.88. The number of alkyl halides is 3. The van der Waals surface area contributed by atoms with Crippen molar-refractivity contribution in [2.45, 2.75) is 18.2 Å². The van der Waals surface area contributed by atoms with Crippen molar-refractivity contribution in [3.05, 3.63) is 82.4 Å². The summed E-state index contributed by atoms with van der Waals surface area (Å²) in [4.78, 5) is -1.09. The van der Waals surface area contributed by atoms with Gasteiger partial charge in [-0.15, -0.1) is 13.2 Å². The summed E-state index contributed by atoms with van der Waals surface area (Å²) in [5.74, 6) is -2.78. The summed E-state index contributed by atoms with van der Waals surface area (Å²) in [5.41, 5.74) is 0.858. The summed E-state index contributed by atoms with van der Waals surface area (Å²) >= 11 is -0.0521. The number of hydrogen-bond donors (Lipinski definition) is 0. The minimum Gasteiger partial charge on any atom is -0.406 e. The number of nitriles is 1. The Morgan fingerprint density at radius 3 is 1.97 bits per heavy atom. The lowest BCUT2D eigenvalue weighted by Gasteiger charge is -2.12. The van der Waals surface area contributed by atoms with Crippen LogP contribution in [0.1, 0.15) is 16.7 Å². The number of ether oxygens (including phenoxy) is 1. The largest absolute Gasteiger partial charge is 0.573 e. The van der Waals surface area contributed by atoms with E-state index in [0.717, 1.165) is 6.07 Å². The smallest absolute Gasteiger partial charge is 0.406 e. The quantitative estimate of drug-likeness (QED) is 0.132. The molecule has 0 saturated heterocycles. The first kappa shape index (κ1) is 24.0. The number of benzene rings is 3. The highest BCUT2D eigenvalue weighted by Crippen LogP contribution is 2.31. The molecule has 0 aromatic heterocycles. The molecule has 0 aliphatic heterocycles. The van der Waals surface area contributed by atoms with Gasteiger partial charge in [0, 0.05) is 5.56 Å². The van der Waals surface area contributed by atoms with Crippen LogP contribution in [0.5, 0.6) is 5.75 Å². The Labute approximate surface area is 187 Å². The first-order valence-corrected chi connectivity index (χ1v) is 9.74. The second kappa shape index (κ2) is 9.47. The number of thioether (sulfide) groups is 1. The van der Waals surface area contributed by atoms with Crippen molar-refractivity contribution >= 4 is 11.8 Å². The SMILES string of the molecule is Cc1cc(OC(F)(F)F)ccc1-c1ccc(C#Cc2c(F)c(F)c(SC#N)c(F)c2F)cc1. The molecule has 33 heavy (non-hydrogen) atoms. The van der Waals surface area contributed by atoms with Gasteiger partial charge in [0.05, 0.1) is 4.90 Å². The second-order valence-corrected chi connectivity index (χ2v) is 7.30. The van der Waals surface area contributed by atoms with E-state index in [1.54, 1.807) is 19.1 Å². The average molecular weight is 481 g/mol. The molecule has 0 atom stereocenters. The van der Waals surface area contributed by atoms with Crippen LogP contribution >= 0.6 is 11.8 Å². The van der Waals surface area contributed by atoms with Crippen LogP contribution in [0, 0.1) is 52.7 Å². The van der Waals surface area contributed by atoms with Gasteiger partial charge in [0.15, 0.2) is 23.3 Å². The van der Waals surface area contributed by atoms with Gasteiger partial charge >= 0.3 is 6.36 Å². The lowest BCUT2D eigenvalue weighted by atomic mass is 9.99. The average Bonchev–Trinajstić information content (AvgIpc) is 2.75. The van der Waals surface area contributed by atoms with Crippen LogP contribution in [-0.4, -0.2) is 6.36 Å². The molecule has 3 aromatic carbocycles. The second-order valence-electron chi connectivity index (χ2n) is 6.51. The molecule has 3 aromatic rings. The van der Waals surface area contributed by atoms with E-state index in [4.69, 9.17) is 5.26 Å². The van der Waals surface area contributed by atoms with E-state index in [9.17, 15) is 30.7 Å². The van der Waals surface area contributed by atoms with Gasteiger partial charge in [-0.1, -0.05) is 30.0 Å². The molecule has 0 heterocycles. The van der Waals surface area contributed by atoms with Gasteiger partial charge in [-0.25, -0.2) is 17.6 Å². The standard InChI is InChI=1S/C23H10F7NOS/c1-12-10-15(32-23(28,29)30)7-9-16(12)14-5-2-13(3-6-14)4-8-17-18(24)20(26)22(33-11-31)21(27)19(17)25/h2-3,5-7,9-10H,1H3. The lowest BCUT2D eigenvalue weighted by Crippen LogP contribution is -2.17. The molecular formula is C23H10F7NOS. The van der Waals surface area contributed by atoms with Gasteiger partial charge < -0.3 is 4.74 Å². The predicted molar refractivity (Wildman–Crippen MR) is 107 cm³/mol. The first-order chi connectivity index (χ1) is 15.5. The third-order valence-corrected chi connectivity index (χ3v) is 4.98. The zero-order chi connectivity index (χ0) is 24.3. The summed E-state index contributed by atoms with van der Waals surface area (Å²) in [6.07, 6.45) is -4.81. The van der Waals surface area contributed by atoms with E-state index >= 15 is 0 Å². The van der Waals surface area contributed by atoms with Crippen LogP contribution in [0.25, 0.3) is 11.1 Å². The summed E-state index contributed by atoms with van der Waals surface area (Å²) in [6.45, 7) is 1.59. The van der Waals surface area contributed by atoms with Crippen LogP contribution in [0.3, 0.4) is 0 Å². The molecule has 168 valence electrons. The topological polar surface area (TPSA) is 33.0 Å². The van der Waals surface area contributed by atoms with Gasteiger partial charge in [-0.05, 0) is 59.6 Å². The molecule has 0 aliphatic carbocycles. The monoisotopic (exact) mass is 481 g/mol. The van der Waals surface area contributed by atoms with Gasteiger partial charge in [0.1, 0.15) is 16.7 Å². The molecule has 0 N–H and O–H groups in total. The van der Waals surface area contributed by atoms with Crippen LogP contribution in [-0.2, 0) is 0 Å². The van der Waals surface area contributed by atoms with Crippen molar-refractivity contribution in [3.8, 4) is 34.1 Å². The number of halogens is 7. The molecule has 10 heteroatoms. The molecule has 0 saturated carbocycles. The van der Waals surface area contributed by atoms with Gasteiger partial charge in [-0.3, -0.25) is 0 Å². The highest BCUT2D eigenvalue weighted by Gasteiger charge is 2.31. The van der Waals surface area contributed by atoms with E-state index in [1.165, 1.54) is 29.7 Å². The molecule has 0 bridgehead atoms. The minimum atomic E-state index is -4.81. The zero-order valence-electron chi connectivity index (χ0n) is 16.5. The van der Waals surface area contributed by atoms with Crippen LogP contribution in [0.2, 0.25) is 0 Å². The Hall–Kier alpha value is -3.63. The molecule has 0 spiro atoms. The normalized spacial score (nSPS) is 10.9. The van der Waals surface area contributed by atoms with Gasteiger partial charge in [0.2, 0.25) is 0 Å². The Morgan fingerprint density at radius 2 is 1.45 bits per heavy atom. The van der Waals surface area contributed by atoms with Crippen LogP contribution in [0.15, 0.2) is 47.4 Å². The molecule has 0 amide bonds. The fourth-order valence-corrected chi connectivity index (χ4v) is 3.33. The number of nitrogens with zero attached hydrogens (tertiary/aromatic N) is 1. The number of rotatable bonds is 3. The first-order valence-electron chi connectivity index (χ1n) is 8.92. The molecule has 0 radical (unpaired) electrons. The zero-order valence-corrected chi connectivity index (χ0v) is 17.3. The molecule has 0 aliphatic rings. The molecule has 0 unspecified atom stereocenters. The highest BCUT2D eigenvalue weighted by atomic mass is 32.2. The maximum Gasteiger partial charge on any atom is 0.573 e. The lowest BCUT2D eigenvalue weighted by molar-refractivity contribution is -0.274. The Morgan fingerprint density at radius 1 is 0.848 bits per heavy atom. The molecular weight excluding hydrogens is 471 g/mol. The maximum absolute atomic E-state index is 14.1. The highest BCUT2D eigenvalue weighted by molar-refractivity contribution is 8.03. The Kier molecular flexibility index (Phi) is 6.89. The molecule has 3 rings (SSSR count). The Bertz CT molecular complexity index is 1290. The fourth-order valence-electron chi connectivity index (χ4n) is 2.88. The van der Waals surface area contributed by atoms with Crippen molar-refractivity contribution in [1.82, 2.24) is 0 Å². The van der Waals surface area contributed by atoms with E-state index in [1.807, 2.05) is 0 Å². The predicted octanol–water partition coefficient (Wildman–Crippen LogP) is 7.09. The van der Waals surface area contributed by atoms with Crippen molar-refractivity contribution in [2.24, 2.45) is 0 Å². The summed E-state index contributed by atoms with van der Waals surface area (Å²) in [7, 11) is 0. The van der Waals surface area contributed by atoms with Crippen molar-refractivity contribution in [2.75, 3.05) is 0 Å². The number of aryl methyl sites for hydroxylation is 1. The summed E-state index contributed by atoms with van der Waals surface area (Å²) in [5, 5.41) is 9.85. The summed E-state index contributed by atoms with van der Waals surface area (Å²) < 4.78 is 97.0. The van der Waals surface area contributed by atoms with Crippen LogP contribution in [0.4, 0.5) is 30.7 Å². The van der Waals surface area contributed by atoms with E-state index in [0.29, 0.717) is 16.7 Å². The van der Waals surface area contributed by atoms with Gasteiger partial charge in [0.25, 0.3) is 0 Å². The minimum absolute atomic E-state index is 0.0521. The number of hydrogen-bond acceptors (Lipinski definition) is 3. The number of thiocyanates is 1. The third-order valence-electron chi connectivity index (χ3n) is 4.33. The fraction of sp³-hybridized carbons (Fsp3) is 0.0870. The third kappa shape index (κ3) is 5.41. The van der Waals surface area contributed by atoms with Gasteiger partial charge in [-0.2, -0.15) is 5.26 Å². The van der Waals surface area contributed by atoms with E-state index in [-0.39, 0.29) is 23.1 Å². The van der Waals surface area contributed by atoms with E-state index < -0.39 is 40.1 Å². The van der Waals surface area contributed by atoms with Crippen molar-refractivity contribution in [3.63, 3.8) is 0 Å². The Balaban J connectivity index is 1.89. The van der Waals surface area contributed by atoms with Crippen molar-refractivity contribution < 1.29 is 35.5 Å². The maximum atomic E-state index is 14.1. The van der Waals surface area contributed by atoms with E-state index in [2.05, 4.69) is 16.6 Å². The van der Waals surface area contributed by atoms with Crippen molar-refractivity contribution in [1.29, 1.82) is 5.26 Å². The van der Waals surface area contributed by atoms with Crippen LogP contribution < -0.4 is 4.74 Å². The molecule has 2 nitrogen and oxygen atoms in total.